The van der Waals surface area contributed by atoms with Crippen LogP contribution in [0.5, 0.6) is 11.5 Å². The molecule has 2 aliphatic rings. The first kappa shape index (κ1) is 22.1. The highest BCUT2D eigenvalue weighted by molar-refractivity contribution is 14.0. The molecule has 0 amide bonds. The number of benzene rings is 1. The van der Waals surface area contributed by atoms with Crippen molar-refractivity contribution >= 4 is 29.9 Å². The number of phenols is 1. The van der Waals surface area contributed by atoms with E-state index in [1.165, 1.54) is 32.4 Å². The fourth-order valence-electron chi connectivity index (χ4n) is 3.93. The molecule has 3 rings (SSSR count). The molecule has 2 heterocycles. The van der Waals surface area contributed by atoms with Crippen LogP contribution in [-0.2, 0) is 6.42 Å². The first-order valence-corrected chi connectivity index (χ1v) is 9.84. The van der Waals surface area contributed by atoms with E-state index in [1.807, 2.05) is 12.1 Å². The predicted octanol–water partition coefficient (Wildman–Crippen LogP) is 2.70. The van der Waals surface area contributed by atoms with E-state index in [9.17, 15) is 5.11 Å². The van der Waals surface area contributed by atoms with Gasteiger partial charge in [0.1, 0.15) is 0 Å². The summed E-state index contributed by atoms with van der Waals surface area (Å²) in [6.45, 7) is 8.41. The van der Waals surface area contributed by atoms with E-state index in [2.05, 4.69) is 22.0 Å². The van der Waals surface area contributed by atoms with Crippen LogP contribution in [0.3, 0.4) is 0 Å². The normalized spacial score (nSPS) is 20.6. The van der Waals surface area contributed by atoms with Gasteiger partial charge in [0, 0.05) is 32.2 Å². The standard InChI is InChI=1S/C20H32N4O2.HI/c1-3-21-20(24-13-9-17(15-24)23-11-4-5-12-23)22-10-8-16-6-7-18(25)19(14-16)26-2;/h6-7,14,17,25H,3-5,8-13,15H2,1-2H3,(H,21,22);1H. The largest absolute Gasteiger partial charge is 0.504 e. The van der Waals surface area contributed by atoms with E-state index < -0.39 is 0 Å². The van der Waals surface area contributed by atoms with Crippen LogP contribution in [0.1, 0.15) is 31.7 Å². The summed E-state index contributed by atoms with van der Waals surface area (Å²) in [6, 6.07) is 6.18. The predicted molar refractivity (Wildman–Crippen MR) is 121 cm³/mol. The minimum atomic E-state index is 0. The minimum absolute atomic E-state index is 0. The van der Waals surface area contributed by atoms with Crippen LogP contribution in [0.15, 0.2) is 23.2 Å². The molecule has 0 radical (unpaired) electrons. The van der Waals surface area contributed by atoms with Gasteiger partial charge in [0.25, 0.3) is 0 Å². The smallest absolute Gasteiger partial charge is 0.193 e. The first-order valence-electron chi connectivity index (χ1n) is 9.84. The molecule has 152 valence electrons. The van der Waals surface area contributed by atoms with Crippen LogP contribution >= 0.6 is 24.0 Å². The summed E-state index contributed by atoms with van der Waals surface area (Å²) in [6.07, 6.45) is 4.76. The van der Waals surface area contributed by atoms with Gasteiger partial charge in [0.05, 0.1) is 7.11 Å². The van der Waals surface area contributed by atoms with Crippen molar-refractivity contribution in [2.45, 2.75) is 38.6 Å². The van der Waals surface area contributed by atoms with Gasteiger partial charge in [-0.1, -0.05) is 6.07 Å². The highest BCUT2D eigenvalue weighted by atomic mass is 127. The number of methoxy groups -OCH3 is 1. The van der Waals surface area contributed by atoms with Gasteiger partial charge >= 0.3 is 0 Å². The Kier molecular flexibility index (Phi) is 8.95. The Balaban J connectivity index is 0.00000261. The van der Waals surface area contributed by atoms with E-state index in [-0.39, 0.29) is 29.7 Å². The molecule has 6 nitrogen and oxygen atoms in total. The van der Waals surface area contributed by atoms with Crippen LogP contribution in [0, 0.1) is 0 Å². The van der Waals surface area contributed by atoms with Gasteiger partial charge in [-0.25, -0.2) is 0 Å². The number of likely N-dealkylation sites (tertiary alicyclic amines) is 2. The zero-order chi connectivity index (χ0) is 18.4. The number of hydrogen-bond donors (Lipinski definition) is 2. The lowest BCUT2D eigenvalue weighted by atomic mass is 10.1. The molecular formula is C20H33IN4O2. The van der Waals surface area contributed by atoms with Crippen molar-refractivity contribution in [3.8, 4) is 11.5 Å². The summed E-state index contributed by atoms with van der Waals surface area (Å²) in [5, 5.41) is 13.1. The van der Waals surface area contributed by atoms with Crippen molar-refractivity contribution in [3.63, 3.8) is 0 Å². The number of aromatic hydroxyl groups is 1. The van der Waals surface area contributed by atoms with Crippen LogP contribution in [0.25, 0.3) is 0 Å². The molecule has 1 unspecified atom stereocenters. The molecule has 0 spiro atoms. The highest BCUT2D eigenvalue weighted by Gasteiger charge is 2.30. The number of guanidine groups is 1. The van der Waals surface area contributed by atoms with Gasteiger partial charge < -0.3 is 20.1 Å². The van der Waals surface area contributed by atoms with Gasteiger partial charge in [0.2, 0.25) is 0 Å². The number of phenolic OH excluding ortho intramolecular Hbond substituents is 1. The summed E-state index contributed by atoms with van der Waals surface area (Å²) in [5.74, 6) is 1.73. The molecule has 2 N–H and O–H groups in total. The number of rotatable bonds is 6. The van der Waals surface area contributed by atoms with Crippen molar-refractivity contribution in [3.05, 3.63) is 23.8 Å². The number of hydrogen-bond acceptors (Lipinski definition) is 4. The Morgan fingerprint density at radius 3 is 2.78 bits per heavy atom. The Hall–Kier alpha value is -1.22. The quantitative estimate of drug-likeness (QED) is 0.367. The third-order valence-electron chi connectivity index (χ3n) is 5.36. The summed E-state index contributed by atoms with van der Waals surface area (Å²) in [4.78, 5) is 9.89. The SMILES string of the molecule is CCNC(=NCCc1ccc(O)c(OC)c1)N1CCC(N2CCCC2)C1.I. The molecule has 2 fully saturated rings. The van der Waals surface area contributed by atoms with E-state index in [0.29, 0.717) is 11.8 Å². The molecule has 1 atom stereocenters. The van der Waals surface area contributed by atoms with Crippen LogP contribution in [-0.4, -0.2) is 73.3 Å². The van der Waals surface area contributed by atoms with Crippen molar-refractivity contribution in [2.75, 3.05) is 46.4 Å². The number of ether oxygens (including phenoxy) is 1. The van der Waals surface area contributed by atoms with Gasteiger partial charge in [-0.2, -0.15) is 0 Å². The molecular weight excluding hydrogens is 455 g/mol. The molecule has 27 heavy (non-hydrogen) atoms. The van der Waals surface area contributed by atoms with Crippen molar-refractivity contribution in [1.82, 2.24) is 15.1 Å². The number of aliphatic imine (C=N–C) groups is 1. The molecule has 0 saturated carbocycles. The first-order chi connectivity index (χ1) is 12.7. The number of halogens is 1. The second-order valence-corrected chi connectivity index (χ2v) is 7.12. The summed E-state index contributed by atoms with van der Waals surface area (Å²) >= 11 is 0. The lowest BCUT2D eigenvalue weighted by molar-refractivity contribution is 0.249. The second kappa shape index (κ2) is 10.9. The van der Waals surface area contributed by atoms with Gasteiger partial charge in [-0.05, 0) is 63.4 Å². The number of nitrogens with one attached hydrogen (secondary N) is 1. The van der Waals surface area contributed by atoms with E-state index >= 15 is 0 Å². The topological polar surface area (TPSA) is 60.3 Å². The summed E-state index contributed by atoms with van der Waals surface area (Å²) in [5.41, 5.74) is 1.12. The molecule has 1 aromatic rings. The Morgan fingerprint density at radius 2 is 2.07 bits per heavy atom. The van der Waals surface area contributed by atoms with Crippen LogP contribution < -0.4 is 10.1 Å². The number of nitrogens with zero attached hydrogens (tertiary/aromatic N) is 3. The molecule has 7 heteroatoms. The second-order valence-electron chi connectivity index (χ2n) is 7.12. The van der Waals surface area contributed by atoms with Crippen LogP contribution in [0.2, 0.25) is 0 Å². The van der Waals surface area contributed by atoms with Gasteiger partial charge in [-0.3, -0.25) is 9.89 Å². The molecule has 0 aromatic heterocycles. The molecule has 0 bridgehead atoms. The summed E-state index contributed by atoms with van der Waals surface area (Å²) < 4.78 is 5.18. The van der Waals surface area contributed by atoms with Crippen molar-refractivity contribution < 1.29 is 9.84 Å². The minimum Gasteiger partial charge on any atom is -0.504 e. The van der Waals surface area contributed by atoms with E-state index in [1.54, 1.807) is 13.2 Å². The zero-order valence-corrected chi connectivity index (χ0v) is 18.8. The molecule has 1 aromatic carbocycles. The fourth-order valence-corrected chi connectivity index (χ4v) is 3.93. The average Bonchev–Trinajstić information content (AvgIpc) is 3.34. The Bertz CT molecular complexity index is 620. The third-order valence-corrected chi connectivity index (χ3v) is 5.36. The highest BCUT2D eigenvalue weighted by Crippen LogP contribution is 2.26. The zero-order valence-electron chi connectivity index (χ0n) is 16.5. The average molecular weight is 488 g/mol. The van der Waals surface area contributed by atoms with Gasteiger partial charge in [-0.15, -0.1) is 24.0 Å². The maximum atomic E-state index is 9.70. The van der Waals surface area contributed by atoms with Crippen molar-refractivity contribution in [2.24, 2.45) is 4.99 Å². The van der Waals surface area contributed by atoms with E-state index in [0.717, 1.165) is 44.1 Å². The monoisotopic (exact) mass is 488 g/mol. The Labute approximate surface area is 180 Å². The fraction of sp³-hybridized carbons (Fsp3) is 0.650. The maximum Gasteiger partial charge on any atom is 0.193 e. The van der Waals surface area contributed by atoms with Crippen molar-refractivity contribution in [1.29, 1.82) is 0 Å². The molecule has 0 aliphatic carbocycles. The van der Waals surface area contributed by atoms with Gasteiger partial charge in [0.15, 0.2) is 17.5 Å². The lowest BCUT2D eigenvalue weighted by Gasteiger charge is -2.25. The maximum absolute atomic E-state index is 9.70. The van der Waals surface area contributed by atoms with Crippen LogP contribution in [0.4, 0.5) is 0 Å². The Morgan fingerprint density at radius 1 is 1.30 bits per heavy atom. The summed E-state index contributed by atoms with van der Waals surface area (Å²) in [7, 11) is 1.57. The third kappa shape index (κ3) is 5.88. The lowest BCUT2D eigenvalue weighted by Crippen LogP contribution is -2.42. The molecule has 2 saturated heterocycles. The molecule has 2 aliphatic heterocycles. The van der Waals surface area contributed by atoms with E-state index in [4.69, 9.17) is 9.73 Å².